The summed E-state index contributed by atoms with van der Waals surface area (Å²) in [6.45, 7) is 4.78. The third kappa shape index (κ3) is 11.4. The maximum atomic E-state index is 12.6. The van der Waals surface area contributed by atoms with Crippen molar-refractivity contribution >= 4 is 29.4 Å². The van der Waals surface area contributed by atoms with Crippen LogP contribution in [0.5, 0.6) is 5.75 Å². The fourth-order valence-corrected chi connectivity index (χ4v) is 4.68. The second kappa shape index (κ2) is 16.4. The summed E-state index contributed by atoms with van der Waals surface area (Å²) in [5, 5.41) is 0. The Kier molecular flexibility index (Phi) is 12.6. The van der Waals surface area contributed by atoms with Crippen molar-refractivity contribution in [1.29, 1.82) is 0 Å². The van der Waals surface area contributed by atoms with Crippen LogP contribution in [-0.4, -0.2) is 31.3 Å². The minimum Gasteiger partial charge on any atom is -0.462 e. The van der Waals surface area contributed by atoms with Crippen molar-refractivity contribution in [3.63, 3.8) is 0 Å². The fourth-order valence-electron chi connectivity index (χ4n) is 4.68. The van der Waals surface area contributed by atoms with Crippen molar-refractivity contribution in [1.82, 2.24) is 0 Å². The Labute approximate surface area is 232 Å². The first kappa shape index (κ1) is 30.0. The summed E-state index contributed by atoms with van der Waals surface area (Å²) in [5.41, 5.74) is 14.4. The van der Waals surface area contributed by atoms with E-state index < -0.39 is 5.97 Å². The van der Waals surface area contributed by atoms with Crippen LogP contribution in [0.3, 0.4) is 0 Å². The lowest BCUT2D eigenvalue weighted by Gasteiger charge is -2.27. The molecule has 2 aromatic rings. The summed E-state index contributed by atoms with van der Waals surface area (Å²) in [4.78, 5) is 24.7. The van der Waals surface area contributed by atoms with Crippen LogP contribution in [0.15, 0.2) is 61.2 Å². The molecule has 0 bridgehead atoms. The summed E-state index contributed by atoms with van der Waals surface area (Å²) in [7, 11) is 0. The number of benzene rings is 2. The van der Waals surface area contributed by atoms with Crippen LogP contribution >= 0.6 is 0 Å². The number of nitrogen functional groups attached to an aromatic ring is 2. The lowest BCUT2D eigenvalue weighted by atomic mass is 9.87. The number of hydrogen-bond donors (Lipinski definition) is 2. The molecule has 7 heteroatoms. The van der Waals surface area contributed by atoms with Gasteiger partial charge in [0, 0.05) is 30.5 Å². The SMILES string of the molecule is C=CCCCCCCOC1CCC(C(=O)Oc2ccc(/C=C/C(=O)OCCc3cc(N)cc(N)c3)cc2)CC1. The van der Waals surface area contributed by atoms with Crippen LogP contribution in [0.25, 0.3) is 6.08 Å². The molecule has 0 aliphatic heterocycles. The van der Waals surface area contributed by atoms with E-state index in [1.807, 2.05) is 18.2 Å². The van der Waals surface area contributed by atoms with E-state index in [9.17, 15) is 9.59 Å². The van der Waals surface area contributed by atoms with Gasteiger partial charge in [0.15, 0.2) is 0 Å². The van der Waals surface area contributed by atoms with Gasteiger partial charge in [-0.05, 0) is 92.5 Å². The molecule has 2 aromatic carbocycles. The fraction of sp³-hybridized carbons (Fsp3) is 0.438. The number of rotatable bonds is 15. The van der Waals surface area contributed by atoms with Gasteiger partial charge in [-0.1, -0.05) is 31.1 Å². The Hall–Kier alpha value is -3.58. The first-order valence-electron chi connectivity index (χ1n) is 14.0. The van der Waals surface area contributed by atoms with Crippen molar-refractivity contribution in [2.45, 2.75) is 70.3 Å². The molecule has 0 saturated heterocycles. The molecule has 1 aliphatic carbocycles. The molecule has 3 rings (SSSR count). The zero-order valence-electron chi connectivity index (χ0n) is 22.8. The average Bonchev–Trinajstić information content (AvgIpc) is 2.92. The largest absolute Gasteiger partial charge is 0.462 e. The predicted octanol–water partition coefficient (Wildman–Crippen LogP) is 6.27. The van der Waals surface area contributed by atoms with Crippen molar-refractivity contribution in [3.05, 3.63) is 72.3 Å². The van der Waals surface area contributed by atoms with Gasteiger partial charge in [0.05, 0.1) is 18.6 Å². The predicted molar refractivity (Wildman–Crippen MR) is 156 cm³/mol. The third-order valence-corrected chi connectivity index (χ3v) is 6.85. The quantitative estimate of drug-likeness (QED) is 0.0691. The Balaban J connectivity index is 1.31. The number of nitrogens with two attached hydrogens (primary N) is 2. The van der Waals surface area contributed by atoms with E-state index >= 15 is 0 Å². The van der Waals surface area contributed by atoms with Crippen LogP contribution < -0.4 is 16.2 Å². The van der Waals surface area contributed by atoms with E-state index in [0.717, 1.165) is 56.3 Å². The maximum absolute atomic E-state index is 12.6. The van der Waals surface area contributed by atoms with Crippen LogP contribution in [0, 0.1) is 5.92 Å². The minimum atomic E-state index is -0.439. The van der Waals surface area contributed by atoms with Crippen molar-refractivity contribution < 1.29 is 23.8 Å². The van der Waals surface area contributed by atoms with Gasteiger partial charge in [-0.15, -0.1) is 6.58 Å². The molecule has 39 heavy (non-hydrogen) atoms. The molecule has 1 fully saturated rings. The van der Waals surface area contributed by atoms with Gasteiger partial charge in [0.2, 0.25) is 0 Å². The highest BCUT2D eigenvalue weighted by Gasteiger charge is 2.28. The van der Waals surface area contributed by atoms with E-state index in [0.29, 0.717) is 23.5 Å². The Bertz CT molecular complexity index is 1070. The highest BCUT2D eigenvalue weighted by molar-refractivity contribution is 5.87. The van der Waals surface area contributed by atoms with Crippen LogP contribution in [0.1, 0.15) is 68.9 Å². The van der Waals surface area contributed by atoms with Gasteiger partial charge in [-0.25, -0.2) is 4.79 Å². The number of ether oxygens (including phenoxy) is 3. The van der Waals surface area contributed by atoms with Crippen LogP contribution in [0.2, 0.25) is 0 Å². The molecule has 0 atom stereocenters. The zero-order valence-corrected chi connectivity index (χ0v) is 22.8. The molecule has 0 spiro atoms. The van der Waals surface area contributed by atoms with E-state index in [4.69, 9.17) is 25.7 Å². The van der Waals surface area contributed by atoms with Gasteiger partial charge in [-0.3, -0.25) is 4.79 Å². The molecule has 0 heterocycles. The number of carbonyl (C=O) groups is 2. The first-order chi connectivity index (χ1) is 18.9. The topological polar surface area (TPSA) is 114 Å². The molecule has 0 amide bonds. The number of unbranched alkanes of at least 4 members (excludes halogenated alkanes) is 4. The summed E-state index contributed by atoms with van der Waals surface area (Å²) in [5.74, 6) is -0.229. The molecular formula is C32H42N2O5. The number of esters is 2. The monoisotopic (exact) mass is 534 g/mol. The Morgan fingerprint density at radius 3 is 2.28 bits per heavy atom. The van der Waals surface area contributed by atoms with E-state index in [2.05, 4.69) is 6.58 Å². The Morgan fingerprint density at radius 2 is 1.59 bits per heavy atom. The smallest absolute Gasteiger partial charge is 0.330 e. The minimum absolute atomic E-state index is 0.0955. The van der Waals surface area contributed by atoms with Gasteiger partial charge < -0.3 is 25.7 Å². The van der Waals surface area contributed by atoms with E-state index in [1.165, 1.54) is 25.3 Å². The average molecular weight is 535 g/mol. The van der Waals surface area contributed by atoms with Crippen LogP contribution in [0.4, 0.5) is 11.4 Å². The van der Waals surface area contributed by atoms with Crippen molar-refractivity contribution in [3.8, 4) is 5.75 Å². The zero-order chi connectivity index (χ0) is 27.9. The third-order valence-electron chi connectivity index (χ3n) is 6.85. The molecule has 4 N–H and O–H groups in total. The first-order valence-corrected chi connectivity index (χ1v) is 14.0. The molecule has 210 valence electrons. The van der Waals surface area contributed by atoms with Crippen LogP contribution in [-0.2, 0) is 25.5 Å². The highest BCUT2D eigenvalue weighted by atomic mass is 16.5. The summed E-state index contributed by atoms with van der Waals surface area (Å²) < 4.78 is 16.9. The summed E-state index contributed by atoms with van der Waals surface area (Å²) in [6.07, 6.45) is 14.9. The van der Waals surface area contributed by atoms with E-state index in [1.54, 1.807) is 36.4 Å². The maximum Gasteiger partial charge on any atom is 0.330 e. The van der Waals surface area contributed by atoms with Gasteiger partial charge >= 0.3 is 11.9 Å². The van der Waals surface area contributed by atoms with E-state index in [-0.39, 0.29) is 24.6 Å². The molecule has 7 nitrogen and oxygen atoms in total. The van der Waals surface area contributed by atoms with Gasteiger partial charge in [0.25, 0.3) is 0 Å². The molecule has 0 aromatic heterocycles. The lowest BCUT2D eigenvalue weighted by molar-refractivity contribution is -0.141. The second-order valence-corrected chi connectivity index (χ2v) is 10.1. The number of carbonyl (C=O) groups excluding carboxylic acids is 2. The number of allylic oxidation sites excluding steroid dienone is 1. The molecule has 0 radical (unpaired) electrons. The number of hydrogen-bond acceptors (Lipinski definition) is 7. The van der Waals surface area contributed by atoms with Gasteiger partial charge in [0.1, 0.15) is 5.75 Å². The Morgan fingerprint density at radius 1 is 0.897 bits per heavy atom. The molecule has 1 saturated carbocycles. The summed E-state index contributed by atoms with van der Waals surface area (Å²) in [6, 6.07) is 12.4. The van der Waals surface area contributed by atoms with Crippen molar-refractivity contribution in [2.75, 3.05) is 24.7 Å². The molecular weight excluding hydrogens is 492 g/mol. The standard InChI is InChI=1S/C32H42N2O5/c1-2-3-4-5-6-7-19-37-29-15-11-26(12-16-29)32(36)39-30-13-8-24(9-14-30)10-17-31(35)38-20-18-25-21-27(33)23-28(34)22-25/h2,8-10,13-14,17,21-23,26,29H,1,3-7,11-12,15-16,18-20,33-34H2/b17-10+. The van der Waals surface area contributed by atoms with Crippen molar-refractivity contribution in [2.24, 2.45) is 5.92 Å². The lowest BCUT2D eigenvalue weighted by Crippen LogP contribution is -2.29. The normalized spacial score (nSPS) is 17.1. The molecule has 1 aliphatic rings. The number of anilines is 2. The summed E-state index contributed by atoms with van der Waals surface area (Å²) >= 11 is 0. The highest BCUT2D eigenvalue weighted by Crippen LogP contribution is 2.28. The second-order valence-electron chi connectivity index (χ2n) is 10.1. The van der Waals surface area contributed by atoms with Gasteiger partial charge in [-0.2, -0.15) is 0 Å². The molecule has 0 unspecified atom stereocenters.